The molecule has 6 heteroatoms. The van der Waals surface area contributed by atoms with Crippen molar-refractivity contribution in [2.24, 2.45) is 0 Å². The van der Waals surface area contributed by atoms with Crippen molar-refractivity contribution in [3.8, 4) is 0 Å². The lowest BCUT2D eigenvalue weighted by molar-refractivity contribution is 0.262. The van der Waals surface area contributed by atoms with Crippen molar-refractivity contribution in [2.75, 3.05) is 0 Å². The monoisotopic (exact) mass is 259 g/mol. The molecule has 1 aromatic heterocycles. The highest BCUT2D eigenvalue weighted by molar-refractivity contribution is 7.84. The van der Waals surface area contributed by atoms with Crippen LogP contribution < -0.4 is 4.72 Å². The second kappa shape index (κ2) is 5.66. The van der Waals surface area contributed by atoms with Crippen molar-refractivity contribution < 1.29 is 17.0 Å². The van der Waals surface area contributed by atoms with Gasteiger partial charge in [-0.15, -0.1) is 0 Å². The maximum Gasteiger partial charge on any atom is 0.336 e. The molecule has 0 unspecified atom stereocenters. The van der Waals surface area contributed by atoms with Crippen LogP contribution in [-0.4, -0.2) is 14.5 Å². The maximum absolute atomic E-state index is 11.6. The summed E-state index contributed by atoms with van der Waals surface area (Å²) in [6.07, 6.45) is 6.61. The van der Waals surface area contributed by atoms with Gasteiger partial charge in [0.1, 0.15) is 12.4 Å². The Labute approximate surface area is 101 Å². The molecule has 1 aromatic rings. The minimum atomic E-state index is -3.67. The summed E-state index contributed by atoms with van der Waals surface area (Å²) in [5.41, 5.74) is 0. The first-order valence-electron chi connectivity index (χ1n) is 5.85. The Bertz CT molecular complexity index is 420. The molecule has 1 saturated carbocycles. The first-order chi connectivity index (χ1) is 8.16. The minimum absolute atomic E-state index is 0.0188. The van der Waals surface area contributed by atoms with Crippen LogP contribution in [0.1, 0.15) is 37.9 Å². The van der Waals surface area contributed by atoms with E-state index in [1.54, 1.807) is 12.1 Å². The normalized spacial score (nSPS) is 18.4. The van der Waals surface area contributed by atoms with Crippen molar-refractivity contribution in [1.29, 1.82) is 0 Å². The van der Waals surface area contributed by atoms with Crippen molar-refractivity contribution >= 4 is 10.3 Å². The van der Waals surface area contributed by atoms with Gasteiger partial charge in [0, 0.05) is 6.04 Å². The summed E-state index contributed by atoms with van der Waals surface area (Å²) in [6, 6.07) is 3.39. The molecule has 1 N–H and O–H groups in total. The summed E-state index contributed by atoms with van der Waals surface area (Å²) < 4.78 is 35.6. The number of rotatable bonds is 5. The molecule has 0 atom stereocenters. The molecule has 0 bridgehead atoms. The number of hydrogen-bond acceptors (Lipinski definition) is 4. The Morgan fingerprint density at radius 3 is 2.76 bits per heavy atom. The van der Waals surface area contributed by atoms with Gasteiger partial charge < -0.3 is 4.42 Å². The second-order valence-electron chi connectivity index (χ2n) is 4.25. The van der Waals surface area contributed by atoms with E-state index in [2.05, 4.69) is 4.72 Å². The number of furan rings is 1. The number of nitrogens with one attached hydrogen (secondary N) is 1. The second-order valence-corrected chi connectivity index (χ2v) is 5.63. The first-order valence-corrected chi connectivity index (χ1v) is 7.25. The Balaban J connectivity index is 1.81. The first kappa shape index (κ1) is 12.6. The van der Waals surface area contributed by atoms with Gasteiger partial charge in [-0.3, -0.25) is 0 Å². The van der Waals surface area contributed by atoms with Crippen LogP contribution in [-0.2, 0) is 21.1 Å². The van der Waals surface area contributed by atoms with Gasteiger partial charge in [0.2, 0.25) is 0 Å². The molecule has 0 spiro atoms. The summed E-state index contributed by atoms with van der Waals surface area (Å²) in [5, 5.41) is 0. The molecule has 0 radical (unpaired) electrons. The third-order valence-corrected chi connectivity index (χ3v) is 3.90. The van der Waals surface area contributed by atoms with E-state index in [0.29, 0.717) is 5.76 Å². The maximum atomic E-state index is 11.6. The molecular formula is C11H17NO4S. The molecule has 1 fully saturated rings. The van der Waals surface area contributed by atoms with E-state index < -0.39 is 10.3 Å². The van der Waals surface area contributed by atoms with Gasteiger partial charge in [-0.05, 0) is 25.0 Å². The van der Waals surface area contributed by atoms with E-state index in [9.17, 15) is 8.42 Å². The third-order valence-electron chi connectivity index (χ3n) is 2.85. The highest BCUT2D eigenvalue weighted by Gasteiger charge is 2.20. The van der Waals surface area contributed by atoms with E-state index in [1.807, 2.05) is 0 Å². The Hall–Kier alpha value is -0.850. The molecular weight excluding hydrogens is 242 g/mol. The predicted molar refractivity (Wildman–Crippen MR) is 62.4 cm³/mol. The van der Waals surface area contributed by atoms with Crippen LogP contribution in [0.2, 0.25) is 0 Å². The molecule has 1 aliphatic rings. The Morgan fingerprint density at radius 1 is 1.35 bits per heavy atom. The van der Waals surface area contributed by atoms with Gasteiger partial charge in [0.15, 0.2) is 0 Å². The van der Waals surface area contributed by atoms with E-state index in [0.717, 1.165) is 25.7 Å². The van der Waals surface area contributed by atoms with Gasteiger partial charge in [-0.1, -0.05) is 19.3 Å². The molecule has 0 amide bonds. The zero-order valence-electron chi connectivity index (χ0n) is 9.59. The molecule has 2 rings (SSSR count). The average Bonchev–Trinajstić information content (AvgIpc) is 2.80. The zero-order valence-corrected chi connectivity index (χ0v) is 10.4. The summed E-state index contributed by atoms with van der Waals surface area (Å²) in [5.74, 6) is 0.499. The Morgan fingerprint density at radius 2 is 2.12 bits per heavy atom. The summed E-state index contributed by atoms with van der Waals surface area (Å²) in [4.78, 5) is 0. The van der Waals surface area contributed by atoms with E-state index in [-0.39, 0.29) is 12.6 Å². The largest absolute Gasteiger partial charge is 0.467 e. The van der Waals surface area contributed by atoms with Crippen LogP contribution in [0.25, 0.3) is 0 Å². The third kappa shape index (κ3) is 4.14. The molecule has 1 heterocycles. The lowest BCUT2D eigenvalue weighted by Crippen LogP contribution is -2.37. The predicted octanol–water partition coefficient (Wildman–Crippen LogP) is 1.96. The van der Waals surface area contributed by atoms with E-state index in [1.165, 1.54) is 12.7 Å². The lowest BCUT2D eigenvalue weighted by atomic mass is 9.96. The van der Waals surface area contributed by atoms with Gasteiger partial charge in [-0.25, -0.2) is 4.18 Å². The topological polar surface area (TPSA) is 68.5 Å². The molecule has 0 aromatic carbocycles. The van der Waals surface area contributed by atoms with Crippen LogP contribution in [0.4, 0.5) is 0 Å². The van der Waals surface area contributed by atoms with Crippen molar-refractivity contribution in [3.05, 3.63) is 24.2 Å². The molecule has 17 heavy (non-hydrogen) atoms. The fourth-order valence-corrected chi connectivity index (χ4v) is 2.97. The molecule has 0 saturated heterocycles. The van der Waals surface area contributed by atoms with Crippen LogP contribution in [0, 0.1) is 0 Å². The van der Waals surface area contributed by atoms with E-state index >= 15 is 0 Å². The highest BCUT2D eigenvalue weighted by atomic mass is 32.2. The smallest absolute Gasteiger partial charge is 0.336 e. The quantitative estimate of drug-likeness (QED) is 0.877. The fraction of sp³-hybridized carbons (Fsp3) is 0.636. The SMILES string of the molecule is O=S(=O)(NC1CCCCC1)OCc1ccco1. The minimum Gasteiger partial charge on any atom is -0.467 e. The van der Waals surface area contributed by atoms with Crippen molar-refractivity contribution in [3.63, 3.8) is 0 Å². The molecule has 96 valence electrons. The average molecular weight is 259 g/mol. The summed E-state index contributed by atoms with van der Waals surface area (Å²) in [6.45, 7) is -0.0605. The molecule has 0 aliphatic heterocycles. The number of hydrogen-bond donors (Lipinski definition) is 1. The van der Waals surface area contributed by atoms with Crippen LogP contribution >= 0.6 is 0 Å². The van der Waals surface area contributed by atoms with Crippen LogP contribution in [0.5, 0.6) is 0 Å². The van der Waals surface area contributed by atoms with Gasteiger partial charge in [0.05, 0.1) is 6.26 Å². The summed E-state index contributed by atoms with van der Waals surface area (Å²) in [7, 11) is -3.67. The van der Waals surface area contributed by atoms with Crippen molar-refractivity contribution in [2.45, 2.75) is 44.8 Å². The van der Waals surface area contributed by atoms with E-state index in [4.69, 9.17) is 8.60 Å². The van der Waals surface area contributed by atoms with Gasteiger partial charge in [0.25, 0.3) is 0 Å². The van der Waals surface area contributed by atoms with Gasteiger partial charge in [-0.2, -0.15) is 13.1 Å². The van der Waals surface area contributed by atoms with Crippen LogP contribution in [0.15, 0.2) is 22.8 Å². The van der Waals surface area contributed by atoms with Crippen LogP contribution in [0.3, 0.4) is 0 Å². The molecule has 5 nitrogen and oxygen atoms in total. The fourth-order valence-electron chi connectivity index (χ4n) is 1.99. The zero-order chi connectivity index (χ0) is 12.1. The molecule has 1 aliphatic carbocycles. The standard InChI is InChI=1S/C11H17NO4S/c13-17(14,12-10-5-2-1-3-6-10)16-9-11-7-4-8-15-11/h4,7-8,10,12H,1-3,5-6,9H2. The van der Waals surface area contributed by atoms with Gasteiger partial charge >= 0.3 is 10.3 Å². The lowest BCUT2D eigenvalue weighted by Gasteiger charge is -2.21. The Kier molecular flexibility index (Phi) is 4.20. The summed E-state index contributed by atoms with van der Waals surface area (Å²) >= 11 is 0. The van der Waals surface area contributed by atoms with Crippen molar-refractivity contribution in [1.82, 2.24) is 4.72 Å². The highest BCUT2D eigenvalue weighted by Crippen LogP contribution is 2.18.